The molecule has 3 nitrogen and oxygen atoms in total. The third kappa shape index (κ3) is 5.70. The second-order valence-electron chi connectivity index (χ2n) is 8.30. The van der Waals surface area contributed by atoms with Gasteiger partial charge in [-0.05, 0) is 55.5 Å². The lowest BCUT2D eigenvalue weighted by Gasteiger charge is -2.38. The maximum absolute atomic E-state index is 10.5. The zero-order chi connectivity index (χ0) is 20.9. The highest BCUT2D eigenvalue weighted by atomic mass is 79.9. The van der Waals surface area contributed by atoms with E-state index in [1.165, 1.54) is 30.4 Å². The number of nitrogens with one attached hydrogen (secondary N) is 1. The summed E-state index contributed by atoms with van der Waals surface area (Å²) in [6.07, 6.45) is 7.68. The molecule has 4 heteroatoms. The smallest absolute Gasteiger partial charge is 0.120 e. The maximum Gasteiger partial charge on any atom is 0.120 e. The number of halogens is 1. The topological polar surface area (TPSA) is 44.6 Å². The summed E-state index contributed by atoms with van der Waals surface area (Å²) in [4.78, 5) is 5.18. The number of phenolic OH excluding ortho intramolecular Hbond substituents is 1. The normalized spacial score (nSPS) is 21.8. The number of rotatable bonds is 8. The predicted octanol–water partition coefficient (Wildman–Crippen LogP) is 6.93. The minimum Gasteiger partial charge on any atom is -0.508 e. The number of nitrogens with zero attached hydrogens (tertiary/aromatic N) is 1. The van der Waals surface area contributed by atoms with Gasteiger partial charge in [-0.1, -0.05) is 73.3 Å². The molecule has 0 radical (unpaired) electrons. The number of aromatic hydroxyl groups is 1. The van der Waals surface area contributed by atoms with Gasteiger partial charge in [-0.15, -0.1) is 0 Å². The summed E-state index contributed by atoms with van der Waals surface area (Å²) in [6, 6.07) is 14.5. The Labute approximate surface area is 183 Å². The van der Waals surface area contributed by atoms with Crippen LogP contribution in [0.5, 0.6) is 5.75 Å². The van der Waals surface area contributed by atoms with Gasteiger partial charge in [-0.25, -0.2) is 0 Å². The highest BCUT2D eigenvalue weighted by molar-refractivity contribution is 9.10. The van der Waals surface area contributed by atoms with Gasteiger partial charge < -0.3 is 5.11 Å². The van der Waals surface area contributed by atoms with E-state index in [0.717, 1.165) is 41.4 Å². The summed E-state index contributed by atoms with van der Waals surface area (Å²) in [5.41, 5.74) is 4.24. The first-order chi connectivity index (χ1) is 13.9. The Morgan fingerprint density at radius 3 is 2.55 bits per heavy atom. The molecule has 3 rings (SSSR count). The van der Waals surface area contributed by atoms with Crippen LogP contribution >= 0.6 is 15.9 Å². The molecular weight excluding hydrogens is 424 g/mol. The highest BCUT2D eigenvalue weighted by Crippen LogP contribution is 2.36. The van der Waals surface area contributed by atoms with E-state index in [1.54, 1.807) is 6.07 Å². The van der Waals surface area contributed by atoms with Crippen molar-refractivity contribution in [3.8, 4) is 5.75 Å². The van der Waals surface area contributed by atoms with Crippen LogP contribution in [0.25, 0.3) is 0 Å². The van der Waals surface area contributed by atoms with Crippen LogP contribution in [0.15, 0.2) is 51.9 Å². The van der Waals surface area contributed by atoms with Gasteiger partial charge in [-0.2, -0.15) is 0 Å². The van der Waals surface area contributed by atoms with Crippen molar-refractivity contribution in [2.24, 2.45) is 4.99 Å². The Morgan fingerprint density at radius 2 is 1.86 bits per heavy atom. The molecule has 156 valence electrons. The van der Waals surface area contributed by atoms with E-state index in [9.17, 15) is 5.11 Å². The number of benzene rings is 2. The van der Waals surface area contributed by atoms with Gasteiger partial charge >= 0.3 is 0 Å². The number of aryl methyl sites for hydroxylation is 1. The molecule has 29 heavy (non-hydrogen) atoms. The molecule has 0 saturated carbocycles. The van der Waals surface area contributed by atoms with Gasteiger partial charge in [0.25, 0.3) is 0 Å². The van der Waals surface area contributed by atoms with Crippen molar-refractivity contribution in [3.63, 3.8) is 0 Å². The Kier molecular flexibility index (Phi) is 7.53. The Bertz CT molecular complexity index is 846. The number of hydrogen-bond acceptors (Lipinski definition) is 3. The summed E-state index contributed by atoms with van der Waals surface area (Å²) < 4.78 is 0.980. The fourth-order valence-corrected chi connectivity index (χ4v) is 4.51. The summed E-state index contributed by atoms with van der Waals surface area (Å²) in [5, 5.41) is 14.3. The third-order valence-corrected chi connectivity index (χ3v) is 6.34. The molecule has 1 aliphatic rings. The Hall–Kier alpha value is -1.65. The lowest BCUT2D eigenvalue weighted by molar-refractivity contribution is 0.277. The Balaban J connectivity index is 1.92. The van der Waals surface area contributed by atoms with E-state index in [0.29, 0.717) is 5.75 Å². The molecule has 1 aliphatic heterocycles. The number of unbranched alkanes of at least 4 members (excludes halogenated alkanes) is 3. The molecule has 2 N–H and O–H groups in total. The summed E-state index contributed by atoms with van der Waals surface area (Å²) in [7, 11) is 0. The molecule has 0 aliphatic carbocycles. The van der Waals surface area contributed by atoms with Gasteiger partial charge in [0, 0.05) is 28.2 Å². The van der Waals surface area contributed by atoms with E-state index in [2.05, 4.69) is 66.3 Å². The van der Waals surface area contributed by atoms with Crippen LogP contribution < -0.4 is 5.32 Å². The SMILES string of the molecule is CCCCCCC1(C)N=C(c2ccc(CC)cc2)CC(c2cc(Br)ccc2O)N1. The molecule has 2 aromatic rings. The van der Waals surface area contributed by atoms with Gasteiger partial charge in [0.1, 0.15) is 11.4 Å². The minimum absolute atomic E-state index is 0.0297. The zero-order valence-electron chi connectivity index (χ0n) is 17.8. The van der Waals surface area contributed by atoms with Gasteiger partial charge in [0.2, 0.25) is 0 Å². The standard InChI is InChI=1S/C25H33BrN2O/c1-4-6-7-8-15-25(3)27-22(19-11-9-18(5-2)10-12-19)17-23(28-25)21-16-20(26)13-14-24(21)29/h9-14,16,23,28-29H,4-8,15,17H2,1-3H3. The van der Waals surface area contributed by atoms with Crippen molar-refractivity contribution in [1.82, 2.24) is 5.32 Å². The van der Waals surface area contributed by atoms with Crippen LogP contribution in [0, 0.1) is 0 Å². The summed E-state index contributed by atoms with van der Waals surface area (Å²) >= 11 is 3.56. The van der Waals surface area contributed by atoms with Gasteiger partial charge in [0.15, 0.2) is 0 Å². The van der Waals surface area contributed by atoms with Gasteiger partial charge in [-0.3, -0.25) is 10.3 Å². The van der Waals surface area contributed by atoms with Crippen molar-refractivity contribution in [1.29, 1.82) is 0 Å². The van der Waals surface area contributed by atoms with E-state index < -0.39 is 0 Å². The molecule has 2 aromatic carbocycles. The minimum atomic E-state index is -0.329. The van der Waals surface area contributed by atoms with E-state index >= 15 is 0 Å². The molecule has 0 aromatic heterocycles. The van der Waals surface area contributed by atoms with Crippen molar-refractivity contribution < 1.29 is 5.11 Å². The van der Waals surface area contributed by atoms with Crippen molar-refractivity contribution in [2.75, 3.05) is 0 Å². The quantitative estimate of drug-likeness (QED) is 0.422. The molecular formula is C25H33BrN2O. The predicted molar refractivity (Wildman–Crippen MR) is 126 cm³/mol. The third-order valence-electron chi connectivity index (χ3n) is 5.84. The molecule has 0 spiro atoms. The largest absolute Gasteiger partial charge is 0.508 e. The van der Waals surface area contributed by atoms with Crippen LogP contribution in [0.3, 0.4) is 0 Å². The average molecular weight is 457 g/mol. The van der Waals surface area contributed by atoms with Crippen LogP contribution in [-0.4, -0.2) is 16.5 Å². The van der Waals surface area contributed by atoms with Crippen LogP contribution in [0.1, 0.15) is 82.0 Å². The Morgan fingerprint density at radius 1 is 1.10 bits per heavy atom. The molecule has 0 bridgehead atoms. The first-order valence-corrected chi connectivity index (χ1v) is 11.7. The van der Waals surface area contributed by atoms with Crippen LogP contribution in [0.4, 0.5) is 0 Å². The van der Waals surface area contributed by atoms with Crippen molar-refractivity contribution in [3.05, 3.63) is 63.6 Å². The van der Waals surface area contributed by atoms with E-state index in [4.69, 9.17) is 4.99 Å². The average Bonchev–Trinajstić information content (AvgIpc) is 2.72. The lowest BCUT2D eigenvalue weighted by atomic mass is 9.90. The maximum atomic E-state index is 10.5. The molecule has 0 saturated heterocycles. The number of phenols is 1. The second-order valence-corrected chi connectivity index (χ2v) is 9.21. The molecule has 1 heterocycles. The van der Waals surface area contributed by atoms with Crippen molar-refractivity contribution in [2.45, 2.75) is 77.4 Å². The summed E-state index contributed by atoms with van der Waals surface area (Å²) in [5.74, 6) is 0.335. The van der Waals surface area contributed by atoms with Crippen molar-refractivity contribution >= 4 is 21.6 Å². The fourth-order valence-electron chi connectivity index (χ4n) is 4.13. The first kappa shape index (κ1) is 22.0. The van der Waals surface area contributed by atoms with Crippen LogP contribution in [0.2, 0.25) is 0 Å². The molecule has 0 fully saturated rings. The van der Waals surface area contributed by atoms with Gasteiger partial charge in [0.05, 0.1) is 0 Å². The number of hydrogen-bond donors (Lipinski definition) is 2. The van der Waals surface area contributed by atoms with E-state index in [1.807, 2.05) is 12.1 Å². The molecule has 2 atom stereocenters. The first-order valence-electron chi connectivity index (χ1n) is 10.9. The zero-order valence-corrected chi connectivity index (χ0v) is 19.4. The molecule has 0 amide bonds. The molecule has 2 unspecified atom stereocenters. The highest BCUT2D eigenvalue weighted by Gasteiger charge is 2.34. The van der Waals surface area contributed by atoms with E-state index in [-0.39, 0.29) is 11.7 Å². The second kappa shape index (κ2) is 9.90. The monoisotopic (exact) mass is 456 g/mol. The fraction of sp³-hybridized carbons (Fsp3) is 0.480. The van der Waals surface area contributed by atoms with Crippen LogP contribution in [-0.2, 0) is 6.42 Å². The number of aliphatic imine (C=N–C) groups is 1. The summed E-state index contributed by atoms with van der Waals surface area (Å²) in [6.45, 7) is 6.61. The lowest BCUT2D eigenvalue weighted by Crippen LogP contribution is -2.47.